The SMILES string of the molecule is CCCCCCC(CCCCCC)CC(=O)NCc1ccccc1CC(C)CCCCC. The molecule has 1 amide bonds. The van der Waals surface area contributed by atoms with Crippen molar-refractivity contribution >= 4 is 5.91 Å². The van der Waals surface area contributed by atoms with Gasteiger partial charge in [0, 0.05) is 13.0 Å². The molecule has 1 aromatic carbocycles. The van der Waals surface area contributed by atoms with Crippen LogP contribution in [0.3, 0.4) is 0 Å². The number of carbonyl (C=O) groups is 1. The Bertz CT molecular complexity index is 570. The van der Waals surface area contributed by atoms with Gasteiger partial charge in [0.1, 0.15) is 0 Å². The van der Waals surface area contributed by atoms with Crippen LogP contribution in [0.15, 0.2) is 24.3 Å². The third kappa shape index (κ3) is 14.0. The van der Waals surface area contributed by atoms with Crippen molar-refractivity contribution in [3.8, 4) is 0 Å². The van der Waals surface area contributed by atoms with Crippen LogP contribution in [0, 0.1) is 11.8 Å². The van der Waals surface area contributed by atoms with Crippen LogP contribution < -0.4 is 5.32 Å². The van der Waals surface area contributed by atoms with Gasteiger partial charge in [0.15, 0.2) is 0 Å². The maximum atomic E-state index is 12.8. The highest BCUT2D eigenvalue weighted by atomic mass is 16.1. The van der Waals surface area contributed by atoms with Crippen molar-refractivity contribution in [1.29, 1.82) is 0 Å². The summed E-state index contributed by atoms with van der Waals surface area (Å²) >= 11 is 0. The van der Waals surface area contributed by atoms with Crippen LogP contribution in [0.2, 0.25) is 0 Å². The molecule has 0 aliphatic heterocycles. The summed E-state index contributed by atoms with van der Waals surface area (Å²) in [5, 5.41) is 3.26. The Balaban J connectivity index is 2.52. The molecule has 0 bridgehead atoms. The second-order valence-corrected chi connectivity index (χ2v) is 10.1. The van der Waals surface area contributed by atoms with E-state index in [9.17, 15) is 4.79 Å². The summed E-state index contributed by atoms with van der Waals surface area (Å²) in [7, 11) is 0. The lowest BCUT2D eigenvalue weighted by atomic mass is 9.91. The summed E-state index contributed by atoms with van der Waals surface area (Å²) in [6.45, 7) is 9.84. The maximum absolute atomic E-state index is 12.8. The van der Waals surface area contributed by atoms with Crippen molar-refractivity contribution in [2.45, 2.75) is 137 Å². The lowest BCUT2D eigenvalue weighted by molar-refractivity contribution is -0.122. The van der Waals surface area contributed by atoms with E-state index in [2.05, 4.69) is 57.3 Å². The van der Waals surface area contributed by atoms with Crippen molar-refractivity contribution in [3.05, 3.63) is 35.4 Å². The largest absolute Gasteiger partial charge is 0.352 e. The van der Waals surface area contributed by atoms with Gasteiger partial charge in [-0.1, -0.05) is 129 Å². The van der Waals surface area contributed by atoms with Crippen LogP contribution in [-0.2, 0) is 17.8 Å². The number of benzene rings is 1. The highest BCUT2D eigenvalue weighted by molar-refractivity contribution is 5.76. The number of unbranched alkanes of at least 4 members (excludes halogenated alkanes) is 8. The first-order chi connectivity index (χ1) is 15.6. The topological polar surface area (TPSA) is 29.1 Å². The molecule has 1 unspecified atom stereocenters. The van der Waals surface area contributed by atoms with Gasteiger partial charge >= 0.3 is 0 Å². The van der Waals surface area contributed by atoms with Gasteiger partial charge in [-0.3, -0.25) is 4.79 Å². The molecule has 184 valence electrons. The van der Waals surface area contributed by atoms with E-state index in [4.69, 9.17) is 0 Å². The van der Waals surface area contributed by atoms with Gasteiger partial charge in [0.2, 0.25) is 5.91 Å². The summed E-state index contributed by atoms with van der Waals surface area (Å²) < 4.78 is 0. The number of carbonyl (C=O) groups excluding carboxylic acids is 1. The molecule has 2 nitrogen and oxygen atoms in total. The highest BCUT2D eigenvalue weighted by Crippen LogP contribution is 2.22. The van der Waals surface area contributed by atoms with E-state index >= 15 is 0 Å². The molecule has 32 heavy (non-hydrogen) atoms. The molecule has 1 N–H and O–H groups in total. The summed E-state index contributed by atoms with van der Waals surface area (Å²) in [6, 6.07) is 8.70. The lowest BCUT2D eigenvalue weighted by Gasteiger charge is -2.18. The van der Waals surface area contributed by atoms with Crippen molar-refractivity contribution in [3.63, 3.8) is 0 Å². The molecule has 1 aromatic rings. The first-order valence-corrected chi connectivity index (χ1v) is 13.9. The van der Waals surface area contributed by atoms with E-state index in [1.807, 2.05) is 0 Å². The van der Waals surface area contributed by atoms with E-state index in [0.29, 0.717) is 24.8 Å². The third-order valence-electron chi connectivity index (χ3n) is 6.87. The van der Waals surface area contributed by atoms with E-state index < -0.39 is 0 Å². The Morgan fingerprint density at radius 3 is 1.88 bits per heavy atom. The summed E-state index contributed by atoms with van der Waals surface area (Å²) in [5.74, 6) is 1.50. The van der Waals surface area contributed by atoms with Crippen molar-refractivity contribution in [2.75, 3.05) is 0 Å². The molecule has 0 spiro atoms. The predicted molar refractivity (Wildman–Crippen MR) is 141 cm³/mol. The summed E-state index contributed by atoms with van der Waals surface area (Å²) in [6.07, 6.45) is 19.9. The fourth-order valence-electron chi connectivity index (χ4n) is 4.75. The third-order valence-corrected chi connectivity index (χ3v) is 6.87. The Labute approximate surface area is 200 Å². The summed E-state index contributed by atoms with van der Waals surface area (Å²) in [5.41, 5.74) is 2.71. The van der Waals surface area contributed by atoms with E-state index in [1.165, 1.54) is 101 Å². The first kappa shape index (κ1) is 28.7. The Morgan fingerprint density at radius 1 is 0.750 bits per heavy atom. The highest BCUT2D eigenvalue weighted by Gasteiger charge is 2.15. The average molecular weight is 444 g/mol. The summed E-state index contributed by atoms with van der Waals surface area (Å²) in [4.78, 5) is 12.8. The molecule has 0 aliphatic carbocycles. The van der Waals surface area contributed by atoms with Crippen LogP contribution >= 0.6 is 0 Å². The normalized spacial score (nSPS) is 12.3. The minimum absolute atomic E-state index is 0.242. The lowest BCUT2D eigenvalue weighted by Crippen LogP contribution is -2.26. The number of amides is 1. The second kappa shape index (κ2) is 19.2. The quantitative estimate of drug-likeness (QED) is 0.200. The van der Waals surface area contributed by atoms with E-state index in [-0.39, 0.29) is 5.91 Å². The van der Waals surface area contributed by atoms with Crippen LogP contribution in [0.5, 0.6) is 0 Å². The van der Waals surface area contributed by atoms with E-state index in [0.717, 1.165) is 6.42 Å². The number of rotatable bonds is 20. The molecule has 1 atom stereocenters. The fraction of sp³-hybridized carbons (Fsp3) is 0.767. The zero-order valence-corrected chi connectivity index (χ0v) is 21.9. The van der Waals surface area contributed by atoms with Gasteiger partial charge in [-0.25, -0.2) is 0 Å². The number of hydrogen-bond acceptors (Lipinski definition) is 1. The van der Waals surface area contributed by atoms with E-state index in [1.54, 1.807) is 0 Å². The molecular weight excluding hydrogens is 390 g/mol. The van der Waals surface area contributed by atoms with Crippen LogP contribution in [0.1, 0.15) is 135 Å². The van der Waals surface area contributed by atoms with Crippen molar-refractivity contribution in [1.82, 2.24) is 5.32 Å². The molecule has 1 rings (SSSR count). The minimum atomic E-state index is 0.242. The van der Waals surface area contributed by atoms with Crippen LogP contribution in [0.25, 0.3) is 0 Å². The fourth-order valence-corrected chi connectivity index (χ4v) is 4.75. The Hall–Kier alpha value is -1.31. The van der Waals surface area contributed by atoms with Gasteiger partial charge in [-0.2, -0.15) is 0 Å². The molecule has 0 heterocycles. The van der Waals surface area contributed by atoms with Crippen molar-refractivity contribution < 1.29 is 4.79 Å². The number of nitrogens with one attached hydrogen (secondary N) is 1. The molecule has 0 radical (unpaired) electrons. The second-order valence-electron chi connectivity index (χ2n) is 10.1. The zero-order chi connectivity index (χ0) is 23.4. The number of hydrogen-bond donors (Lipinski definition) is 1. The minimum Gasteiger partial charge on any atom is -0.352 e. The molecule has 0 aromatic heterocycles. The molecule has 0 aliphatic rings. The van der Waals surface area contributed by atoms with Gasteiger partial charge in [0.25, 0.3) is 0 Å². The Kier molecular flexibility index (Phi) is 17.2. The van der Waals surface area contributed by atoms with Crippen LogP contribution in [0.4, 0.5) is 0 Å². The van der Waals surface area contributed by atoms with Gasteiger partial charge in [-0.15, -0.1) is 0 Å². The monoisotopic (exact) mass is 443 g/mol. The Morgan fingerprint density at radius 2 is 1.28 bits per heavy atom. The van der Waals surface area contributed by atoms with Crippen molar-refractivity contribution in [2.24, 2.45) is 11.8 Å². The molecule has 0 fully saturated rings. The maximum Gasteiger partial charge on any atom is 0.220 e. The average Bonchev–Trinajstić information content (AvgIpc) is 2.79. The molecule has 0 saturated carbocycles. The van der Waals surface area contributed by atoms with Gasteiger partial charge in [-0.05, 0) is 42.2 Å². The predicted octanol–water partition coefficient (Wildman–Crippen LogP) is 9.01. The zero-order valence-electron chi connectivity index (χ0n) is 21.9. The van der Waals surface area contributed by atoms with Crippen LogP contribution in [-0.4, -0.2) is 5.91 Å². The molecule has 0 saturated heterocycles. The van der Waals surface area contributed by atoms with Gasteiger partial charge in [0.05, 0.1) is 0 Å². The molecular formula is C30H53NO. The standard InChI is InChI=1S/C30H53NO/c1-5-8-11-14-19-27(20-15-12-9-6-2)24-30(32)31-25-29-22-17-16-21-28(29)23-26(4)18-13-10-7-3/h16-17,21-22,26-27H,5-15,18-20,23-25H2,1-4H3,(H,31,32). The van der Waals surface area contributed by atoms with Gasteiger partial charge < -0.3 is 5.32 Å². The smallest absolute Gasteiger partial charge is 0.220 e. The molecule has 2 heteroatoms. The first-order valence-electron chi connectivity index (χ1n) is 13.9.